The number of amides is 1. The van der Waals surface area contributed by atoms with Crippen molar-refractivity contribution in [2.24, 2.45) is 11.8 Å². The number of ether oxygens (including phenoxy) is 1. The second-order valence-corrected chi connectivity index (χ2v) is 10.8. The standard InChI is InChI=1S/C20H28INO4S/c1-12-3-5-13(6-4-12)19(24)22(14-7-9-15(23)10-8-14)16-11-17(21)27-18(16)20(25)26-2/h11-15,23H,3-10H2,1-2H3/t12-,13-,14-,15-. The van der Waals surface area contributed by atoms with E-state index in [2.05, 4.69) is 29.5 Å². The van der Waals surface area contributed by atoms with Gasteiger partial charge in [0.2, 0.25) is 5.91 Å². The molecule has 2 aliphatic rings. The van der Waals surface area contributed by atoms with Crippen molar-refractivity contribution < 1.29 is 19.4 Å². The number of aliphatic hydroxyl groups is 1. The maximum atomic E-state index is 13.6. The number of esters is 1. The molecule has 27 heavy (non-hydrogen) atoms. The van der Waals surface area contributed by atoms with Crippen LogP contribution in [0.3, 0.4) is 0 Å². The van der Waals surface area contributed by atoms with E-state index < -0.39 is 0 Å². The fraction of sp³-hybridized carbons (Fsp3) is 0.700. The normalized spacial score (nSPS) is 28.6. The Morgan fingerprint density at radius 3 is 2.37 bits per heavy atom. The van der Waals surface area contributed by atoms with E-state index in [9.17, 15) is 14.7 Å². The molecule has 7 heteroatoms. The van der Waals surface area contributed by atoms with Crippen molar-refractivity contribution in [3.8, 4) is 0 Å². The molecule has 1 N–H and O–H groups in total. The van der Waals surface area contributed by atoms with Crippen LogP contribution in [0.25, 0.3) is 0 Å². The van der Waals surface area contributed by atoms with E-state index in [0.717, 1.165) is 41.4 Å². The summed E-state index contributed by atoms with van der Waals surface area (Å²) in [5.74, 6) is 0.461. The molecule has 1 aromatic rings. The minimum atomic E-state index is -0.385. The number of hydrogen-bond donors (Lipinski definition) is 1. The number of methoxy groups -OCH3 is 1. The third kappa shape index (κ3) is 4.85. The van der Waals surface area contributed by atoms with Gasteiger partial charge in [0, 0.05) is 12.0 Å². The summed E-state index contributed by atoms with van der Waals surface area (Å²) in [6.45, 7) is 2.25. The number of nitrogens with zero attached hydrogens (tertiary/aromatic N) is 1. The number of rotatable bonds is 4. The van der Waals surface area contributed by atoms with Gasteiger partial charge in [-0.05, 0) is 85.9 Å². The number of carbonyl (C=O) groups is 2. The molecule has 5 nitrogen and oxygen atoms in total. The van der Waals surface area contributed by atoms with Gasteiger partial charge in [0.05, 0.1) is 21.8 Å². The molecule has 0 spiro atoms. The van der Waals surface area contributed by atoms with Gasteiger partial charge < -0.3 is 14.7 Å². The minimum absolute atomic E-state index is 0.0242. The fourth-order valence-electron chi connectivity index (χ4n) is 4.29. The molecule has 2 aliphatic carbocycles. The molecule has 1 heterocycles. The Kier molecular flexibility index (Phi) is 7.19. The zero-order valence-corrected chi connectivity index (χ0v) is 18.9. The number of thiophene rings is 1. The number of hydrogen-bond acceptors (Lipinski definition) is 5. The first-order chi connectivity index (χ1) is 12.9. The van der Waals surface area contributed by atoms with Crippen LogP contribution in [0.4, 0.5) is 5.69 Å². The number of halogens is 1. The average Bonchev–Trinajstić information content (AvgIpc) is 3.04. The van der Waals surface area contributed by atoms with Gasteiger partial charge in [-0.3, -0.25) is 4.79 Å². The van der Waals surface area contributed by atoms with Crippen molar-refractivity contribution in [2.45, 2.75) is 70.4 Å². The first-order valence-electron chi connectivity index (χ1n) is 9.79. The van der Waals surface area contributed by atoms with Crippen LogP contribution in [0, 0.1) is 14.7 Å². The van der Waals surface area contributed by atoms with Crippen LogP contribution in [0.5, 0.6) is 0 Å². The van der Waals surface area contributed by atoms with Crippen LogP contribution in [0.15, 0.2) is 6.07 Å². The molecule has 3 rings (SSSR count). The minimum Gasteiger partial charge on any atom is -0.465 e. The molecular weight excluding hydrogens is 477 g/mol. The molecule has 2 saturated carbocycles. The Bertz CT molecular complexity index is 676. The van der Waals surface area contributed by atoms with Crippen molar-refractivity contribution in [3.05, 3.63) is 13.8 Å². The molecule has 0 atom stereocenters. The van der Waals surface area contributed by atoms with Gasteiger partial charge in [-0.25, -0.2) is 4.79 Å². The smallest absolute Gasteiger partial charge is 0.350 e. The van der Waals surface area contributed by atoms with E-state index in [0.29, 0.717) is 29.3 Å². The van der Waals surface area contributed by atoms with E-state index >= 15 is 0 Å². The van der Waals surface area contributed by atoms with Crippen LogP contribution in [-0.4, -0.2) is 36.2 Å². The maximum absolute atomic E-state index is 13.6. The summed E-state index contributed by atoms with van der Waals surface area (Å²) in [4.78, 5) is 28.3. The van der Waals surface area contributed by atoms with Crippen LogP contribution in [0.2, 0.25) is 0 Å². The van der Waals surface area contributed by atoms with Crippen molar-refractivity contribution in [1.29, 1.82) is 0 Å². The molecule has 0 radical (unpaired) electrons. The SMILES string of the molecule is COC(=O)c1sc(I)cc1N(C(=O)[C@H]1CC[C@H](C)CC1)[C@H]1CC[C@H](O)CC1. The summed E-state index contributed by atoms with van der Waals surface area (Å²) in [6, 6.07) is 1.97. The molecular formula is C20H28INO4S. The number of aliphatic hydroxyl groups excluding tert-OH is 1. The molecule has 0 bridgehead atoms. The van der Waals surface area contributed by atoms with Crippen LogP contribution < -0.4 is 4.90 Å². The highest BCUT2D eigenvalue weighted by atomic mass is 127. The van der Waals surface area contributed by atoms with E-state index in [1.54, 1.807) is 0 Å². The van der Waals surface area contributed by atoms with Gasteiger partial charge in [-0.2, -0.15) is 0 Å². The van der Waals surface area contributed by atoms with Crippen LogP contribution in [0.1, 0.15) is 68.0 Å². The van der Waals surface area contributed by atoms with Gasteiger partial charge in [-0.1, -0.05) is 6.92 Å². The average molecular weight is 505 g/mol. The molecule has 1 aromatic heterocycles. The molecule has 0 saturated heterocycles. The van der Waals surface area contributed by atoms with Gasteiger partial charge >= 0.3 is 5.97 Å². The first kappa shape index (κ1) is 21.0. The quantitative estimate of drug-likeness (QED) is 0.480. The molecule has 0 unspecified atom stereocenters. The zero-order chi connectivity index (χ0) is 19.6. The predicted octanol–water partition coefficient (Wildman–Crippen LogP) is 4.60. The lowest BCUT2D eigenvalue weighted by atomic mass is 9.81. The van der Waals surface area contributed by atoms with Crippen molar-refractivity contribution in [1.82, 2.24) is 0 Å². The summed E-state index contributed by atoms with van der Waals surface area (Å²) < 4.78 is 5.94. The topological polar surface area (TPSA) is 66.8 Å². The van der Waals surface area contributed by atoms with E-state index in [1.165, 1.54) is 18.4 Å². The predicted molar refractivity (Wildman–Crippen MR) is 115 cm³/mol. The lowest BCUT2D eigenvalue weighted by Gasteiger charge is -2.38. The number of carbonyl (C=O) groups excluding carboxylic acids is 2. The highest BCUT2D eigenvalue weighted by Gasteiger charge is 2.37. The summed E-state index contributed by atoms with van der Waals surface area (Å²) in [5.41, 5.74) is 0.696. The third-order valence-corrected chi connectivity index (χ3v) is 7.81. The van der Waals surface area contributed by atoms with Gasteiger partial charge in [0.25, 0.3) is 0 Å². The van der Waals surface area contributed by atoms with E-state index in [4.69, 9.17) is 4.74 Å². The third-order valence-electron chi connectivity index (χ3n) is 5.95. The van der Waals surface area contributed by atoms with Gasteiger partial charge in [-0.15, -0.1) is 11.3 Å². The monoisotopic (exact) mass is 505 g/mol. The Morgan fingerprint density at radius 2 is 1.78 bits per heavy atom. The van der Waals surface area contributed by atoms with E-state index in [1.807, 2.05) is 11.0 Å². The van der Waals surface area contributed by atoms with Gasteiger partial charge in [0.15, 0.2) is 0 Å². The molecule has 1 amide bonds. The summed E-state index contributed by atoms with van der Waals surface area (Å²) in [6.07, 6.45) is 6.65. The first-order valence-corrected chi connectivity index (χ1v) is 11.7. The summed E-state index contributed by atoms with van der Waals surface area (Å²) >= 11 is 3.57. The molecule has 0 aromatic carbocycles. The lowest BCUT2D eigenvalue weighted by Crippen LogP contribution is -2.47. The van der Waals surface area contributed by atoms with Crippen molar-refractivity contribution in [3.63, 3.8) is 0 Å². The zero-order valence-electron chi connectivity index (χ0n) is 15.9. The lowest BCUT2D eigenvalue weighted by molar-refractivity contribution is -0.124. The van der Waals surface area contributed by atoms with E-state index in [-0.39, 0.29) is 29.9 Å². The summed E-state index contributed by atoms with van der Waals surface area (Å²) in [7, 11) is 1.38. The Morgan fingerprint density at radius 1 is 1.15 bits per heavy atom. The van der Waals surface area contributed by atoms with Crippen LogP contribution >= 0.6 is 33.9 Å². The Labute approximate surface area is 178 Å². The molecule has 2 fully saturated rings. The number of anilines is 1. The Balaban J connectivity index is 1.93. The largest absolute Gasteiger partial charge is 0.465 e. The molecule has 0 aliphatic heterocycles. The fourth-order valence-corrected chi connectivity index (χ4v) is 6.04. The maximum Gasteiger partial charge on any atom is 0.350 e. The molecule has 150 valence electrons. The van der Waals surface area contributed by atoms with Crippen LogP contribution in [-0.2, 0) is 9.53 Å². The second kappa shape index (κ2) is 9.22. The highest BCUT2D eigenvalue weighted by molar-refractivity contribution is 14.1. The van der Waals surface area contributed by atoms with Crippen molar-refractivity contribution >= 4 is 51.5 Å². The second-order valence-electron chi connectivity index (χ2n) is 7.88. The highest BCUT2D eigenvalue weighted by Crippen LogP contribution is 2.39. The summed E-state index contributed by atoms with van der Waals surface area (Å²) in [5, 5.41) is 9.90. The Hall–Kier alpha value is -0.670. The van der Waals surface area contributed by atoms with Gasteiger partial charge in [0.1, 0.15) is 4.88 Å². The van der Waals surface area contributed by atoms with Crippen molar-refractivity contribution in [2.75, 3.05) is 12.0 Å².